The number of amides is 1. The number of rotatable bonds is 8. The van der Waals surface area contributed by atoms with Gasteiger partial charge >= 0.3 is 0 Å². The van der Waals surface area contributed by atoms with E-state index in [1.165, 1.54) is 12.8 Å². The van der Waals surface area contributed by atoms with Crippen molar-refractivity contribution >= 4 is 22.6 Å². The maximum Gasteiger partial charge on any atom is 0.227 e. The largest absolute Gasteiger partial charge is 0.497 e. The van der Waals surface area contributed by atoms with Gasteiger partial charge in [0.1, 0.15) is 17.3 Å². The Morgan fingerprint density at radius 3 is 2.70 bits per heavy atom. The third-order valence-corrected chi connectivity index (χ3v) is 5.84. The van der Waals surface area contributed by atoms with Crippen LogP contribution in [0.15, 0.2) is 42.5 Å². The first kappa shape index (κ1) is 20.3. The van der Waals surface area contributed by atoms with E-state index < -0.39 is 0 Å². The standard InChI is InChI=1S/C24H29N3O3/c1-4-5-8-13-26-20-10-7-6-9-19(20)25-24(26)17-14-23(28)27(16-17)21-15-18(29-2)11-12-22(21)30-3/h6-7,9-12,15,17H,4-5,8,13-14,16H2,1-3H3. The lowest BCUT2D eigenvalue weighted by molar-refractivity contribution is -0.117. The smallest absolute Gasteiger partial charge is 0.227 e. The average Bonchev–Trinajstić information content (AvgIpc) is 3.34. The summed E-state index contributed by atoms with van der Waals surface area (Å²) >= 11 is 0. The van der Waals surface area contributed by atoms with Crippen LogP contribution in [-0.2, 0) is 11.3 Å². The molecule has 1 amide bonds. The summed E-state index contributed by atoms with van der Waals surface area (Å²) in [4.78, 5) is 19.8. The molecule has 158 valence electrons. The summed E-state index contributed by atoms with van der Waals surface area (Å²) in [5.41, 5.74) is 2.89. The number of aromatic nitrogens is 2. The first-order valence-corrected chi connectivity index (χ1v) is 10.6. The predicted octanol–water partition coefficient (Wildman–Crippen LogP) is 4.76. The highest BCUT2D eigenvalue weighted by Gasteiger charge is 2.36. The molecule has 1 unspecified atom stereocenters. The number of unbranched alkanes of at least 4 members (excludes halogenated alkanes) is 2. The van der Waals surface area contributed by atoms with Crippen molar-refractivity contribution in [3.05, 3.63) is 48.3 Å². The number of carbonyl (C=O) groups is 1. The zero-order valence-electron chi connectivity index (χ0n) is 17.9. The monoisotopic (exact) mass is 407 g/mol. The number of hydrogen-bond donors (Lipinski definition) is 0. The summed E-state index contributed by atoms with van der Waals surface area (Å²) in [7, 11) is 3.25. The molecule has 0 aliphatic carbocycles. The Morgan fingerprint density at radius 1 is 1.10 bits per heavy atom. The minimum atomic E-state index is 0.0439. The van der Waals surface area contributed by atoms with Crippen LogP contribution in [0.25, 0.3) is 11.0 Å². The highest BCUT2D eigenvalue weighted by Crippen LogP contribution is 2.39. The van der Waals surface area contributed by atoms with Gasteiger partial charge in [-0.25, -0.2) is 4.98 Å². The molecular formula is C24H29N3O3. The third-order valence-electron chi connectivity index (χ3n) is 5.84. The molecule has 1 aliphatic rings. The van der Waals surface area contributed by atoms with Gasteiger partial charge < -0.3 is 18.9 Å². The van der Waals surface area contributed by atoms with Crippen LogP contribution in [0, 0.1) is 0 Å². The van der Waals surface area contributed by atoms with Crippen LogP contribution >= 0.6 is 0 Å². The van der Waals surface area contributed by atoms with E-state index in [9.17, 15) is 4.79 Å². The van der Waals surface area contributed by atoms with Gasteiger partial charge in [0.05, 0.1) is 30.9 Å². The minimum Gasteiger partial charge on any atom is -0.497 e. The van der Waals surface area contributed by atoms with Crippen LogP contribution in [0.3, 0.4) is 0 Å². The summed E-state index contributed by atoms with van der Waals surface area (Å²) in [6.45, 7) is 3.72. The van der Waals surface area contributed by atoms with Crippen molar-refractivity contribution in [2.45, 2.75) is 45.1 Å². The van der Waals surface area contributed by atoms with E-state index >= 15 is 0 Å². The molecule has 0 bridgehead atoms. The van der Waals surface area contributed by atoms with Gasteiger partial charge in [0.2, 0.25) is 5.91 Å². The molecular weight excluding hydrogens is 378 g/mol. The molecule has 1 aliphatic heterocycles. The van der Waals surface area contributed by atoms with Crippen molar-refractivity contribution in [2.24, 2.45) is 0 Å². The summed E-state index contributed by atoms with van der Waals surface area (Å²) in [5.74, 6) is 2.50. The molecule has 6 heteroatoms. The maximum atomic E-state index is 13.0. The number of para-hydroxylation sites is 2. The van der Waals surface area contributed by atoms with Crippen molar-refractivity contribution in [3.63, 3.8) is 0 Å². The Balaban J connectivity index is 1.68. The number of ether oxygens (including phenoxy) is 2. The Kier molecular flexibility index (Phi) is 5.93. The molecule has 0 spiro atoms. The van der Waals surface area contributed by atoms with Gasteiger partial charge in [-0.2, -0.15) is 0 Å². The van der Waals surface area contributed by atoms with E-state index in [0.29, 0.717) is 24.5 Å². The quantitative estimate of drug-likeness (QED) is 0.505. The zero-order chi connectivity index (χ0) is 21.1. The summed E-state index contributed by atoms with van der Waals surface area (Å²) < 4.78 is 13.2. The summed E-state index contributed by atoms with van der Waals surface area (Å²) in [5, 5.41) is 0. The molecule has 1 fully saturated rings. The van der Waals surface area contributed by atoms with E-state index in [1.807, 2.05) is 29.2 Å². The third kappa shape index (κ3) is 3.74. The number of carbonyl (C=O) groups excluding carboxylic acids is 1. The Labute approximate surface area is 177 Å². The lowest BCUT2D eigenvalue weighted by atomic mass is 10.1. The van der Waals surface area contributed by atoms with Crippen molar-refractivity contribution in [3.8, 4) is 11.5 Å². The number of benzene rings is 2. The molecule has 1 aromatic heterocycles. The fourth-order valence-corrected chi connectivity index (χ4v) is 4.28. The molecule has 2 heterocycles. The lowest BCUT2D eigenvalue weighted by Crippen LogP contribution is -2.25. The van der Waals surface area contributed by atoms with E-state index in [1.54, 1.807) is 14.2 Å². The van der Waals surface area contributed by atoms with Gasteiger partial charge in [-0.15, -0.1) is 0 Å². The Bertz CT molecular complexity index is 1040. The average molecular weight is 408 g/mol. The van der Waals surface area contributed by atoms with Gasteiger partial charge in [0.25, 0.3) is 0 Å². The van der Waals surface area contributed by atoms with Crippen LogP contribution in [0.4, 0.5) is 5.69 Å². The van der Waals surface area contributed by atoms with Crippen LogP contribution in [0.2, 0.25) is 0 Å². The summed E-state index contributed by atoms with van der Waals surface area (Å²) in [6.07, 6.45) is 3.91. The second-order valence-electron chi connectivity index (χ2n) is 7.76. The Hall–Kier alpha value is -3.02. The molecule has 3 aromatic rings. The number of aryl methyl sites for hydroxylation is 1. The van der Waals surface area contributed by atoms with Crippen molar-refractivity contribution in [1.82, 2.24) is 9.55 Å². The lowest BCUT2D eigenvalue weighted by Gasteiger charge is -2.20. The molecule has 4 rings (SSSR count). The van der Waals surface area contributed by atoms with Gasteiger partial charge in [-0.05, 0) is 30.7 Å². The molecule has 1 atom stereocenters. The minimum absolute atomic E-state index is 0.0439. The number of anilines is 1. The van der Waals surface area contributed by atoms with Crippen molar-refractivity contribution in [2.75, 3.05) is 25.7 Å². The van der Waals surface area contributed by atoms with Gasteiger partial charge in [0, 0.05) is 31.5 Å². The second kappa shape index (κ2) is 8.78. The number of fused-ring (bicyclic) bond motifs is 1. The van der Waals surface area contributed by atoms with E-state index in [2.05, 4.69) is 29.7 Å². The molecule has 30 heavy (non-hydrogen) atoms. The Morgan fingerprint density at radius 2 is 1.93 bits per heavy atom. The highest BCUT2D eigenvalue weighted by atomic mass is 16.5. The summed E-state index contributed by atoms with van der Waals surface area (Å²) in [6, 6.07) is 13.8. The fourth-order valence-electron chi connectivity index (χ4n) is 4.28. The SMILES string of the molecule is CCCCCn1c(C2CC(=O)N(c3cc(OC)ccc3OC)C2)nc2ccccc21. The predicted molar refractivity (Wildman–Crippen MR) is 119 cm³/mol. The molecule has 0 saturated carbocycles. The van der Waals surface area contributed by atoms with E-state index in [0.717, 1.165) is 35.5 Å². The second-order valence-corrected chi connectivity index (χ2v) is 7.76. The van der Waals surface area contributed by atoms with Crippen LogP contribution in [0.5, 0.6) is 11.5 Å². The fraction of sp³-hybridized carbons (Fsp3) is 0.417. The van der Waals surface area contributed by atoms with Crippen LogP contribution in [0.1, 0.15) is 44.3 Å². The van der Waals surface area contributed by atoms with E-state index in [-0.39, 0.29) is 11.8 Å². The van der Waals surface area contributed by atoms with Gasteiger partial charge in [-0.3, -0.25) is 4.79 Å². The molecule has 0 N–H and O–H groups in total. The number of imidazole rings is 1. The first-order chi connectivity index (χ1) is 14.7. The topological polar surface area (TPSA) is 56.6 Å². The molecule has 0 radical (unpaired) electrons. The number of hydrogen-bond acceptors (Lipinski definition) is 4. The highest BCUT2D eigenvalue weighted by molar-refractivity contribution is 5.98. The first-order valence-electron chi connectivity index (χ1n) is 10.6. The van der Waals surface area contributed by atoms with Gasteiger partial charge in [0.15, 0.2) is 0 Å². The van der Waals surface area contributed by atoms with Crippen LogP contribution < -0.4 is 14.4 Å². The van der Waals surface area contributed by atoms with Crippen molar-refractivity contribution < 1.29 is 14.3 Å². The number of methoxy groups -OCH3 is 2. The van der Waals surface area contributed by atoms with Crippen LogP contribution in [-0.4, -0.2) is 36.2 Å². The molecule has 1 saturated heterocycles. The zero-order valence-corrected chi connectivity index (χ0v) is 17.9. The number of nitrogens with zero attached hydrogens (tertiary/aromatic N) is 3. The maximum absolute atomic E-state index is 13.0. The normalized spacial score (nSPS) is 16.4. The van der Waals surface area contributed by atoms with Crippen molar-refractivity contribution in [1.29, 1.82) is 0 Å². The van der Waals surface area contributed by atoms with Gasteiger partial charge in [-0.1, -0.05) is 31.9 Å². The molecule has 2 aromatic carbocycles. The van der Waals surface area contributed by atoms with E-state index in [4.69, 9.17) is 14.5 Å². The molecule has 6 nitrogen and oxygen atoms in total.